The lowest BCUT2D eigenvalue weighted by Gasteiger charge is -2.24. The van der Waals surface area contributed by atoms with Gasteiger partial charge in [-0.25, -0.2) is 9.59 Å². The molecule has 33 heteroatoms. The van der Waals surface area contributed by atoms with Crippen LogP contribution in [-0.2, 0) is 92.8 Å². The molecule has 1 aliphatic heterocycles. The Morgan fingerprint density at radius 3 is 1.25 bits per heavy atom. The summed E-state index contributed by atoms with van der Waals surface area (Å²) < 4.78 is 31.6. The number of carbonyl (C=O) groups is 10. The molecule has 0 spiro atoms. The van der Waals surface area contributed by atoms with Crippen LogP contribution in [0.25, 0.3) is 20.9 Å². The standard InChI is InChI=1S/C27H35N7O7.C19H30N4O6.C10H23N.C8H7N3O2.C4H5NO2/c28-24(35)11-10-23(32-27(38)41-19-21-4-2-1-3-5-21)26(37)31-13-15-40-17-16-39-14-12-30-25(36)18-20-6-8-22(9-7-20)33-34-29;20-8-10-27-12-13-28-11-9-22-18(25)16(6-7-17(21)24)23-19(26)29-14-15-4-2-1-3-5-15;1-6-11(7-9(2)3)8-10(4)5;9-11-10-7-3-1-6(2-4-7)5-8(12)13;6-3-1-2-4(7)5-3/h1-9,23H,10-19H2,(H2,28,35)(H,30,36)(H,31,37)(H,32,38);1-5,16H,6-14,20H2,(H2,21,24)(H,22,25)(H,23,26);9-10H,6-8H2,1-5H3;1-4H,5H2,(H,12,13);1-2H2,(H,5,6,7). The number of amides is 9. The van der Waals surface area contributed by atoms with Crippen LogP contribution in [0.15, 0.2) is 119 Å². The van der Waals surface area contributed by atoms with Gasteiger partial charge in [-0.3, -0.25) is 43.7 Å². The van der Waals surface area contributed by atoms with Gasteiger partial charge in [-0.05, 0) is 64.5 Å². The first-order valence-corrected chi connectivity index (χ1v) is 32.9. The number of benzene rings is 4. The molecule has 5 rings (SSSR count). The summed E-state index contributed by atoms with van der Waals surface area (Å²) in [7, 11) is 0. The molecule has 0 aliphatic carbocycles. The highest BCUT2D eigenvalue weighted by atomic mass is 16.6. The normalized spacial score (nSPS) is 11.6. The maximum atomic E-state index is 12.5. The number of nitrogens with two attached hydrogens (primary N) is 3. The predicted molar refractivity (Wildman–Crippen MR) is 375 cm³/mol. The molecule has 0 saturated carbocycles. The van der Waals surface area contributed by atoms with E-state index in [0.717, 1.165) is 28.5 Å². The predicted octanol–water partition coefficient (Wildman–Crippen LogP) is 5.95. The van der Waals surface area contributed by atoms with Crippen molar-refractivity contribution in [2.24, 2.45) is 39.3 Å². The lowest BCUT2D eigenvalue weighted by Crippen LogP contribution is -2.48. The maximum absolute atomic E-state index is 12.5. The molecule has 2 unspecified atom stereocenters. The molecule has 1 heterocycles. The summed E-state index contributed by atoms with van der Waals surface area (Å²) in [5, 5.41) is 30.4. The van der Waals surface area contributed by atoms with Gasteiger partial charge in [-0.1, -0.05) is 154 Å². The summed E-state index contributed by atoms with van der Waals surface area (Å²) >= 11 is 0. The Labute approximate surface area is 588 Å². The van der Waals surface area contributed by atoms with Gasteiger partial charge in [0.05, 0.1) is 65.7 Å². The molecule has 13 N–H and O–H groups in total. The van der Waals surface area contributed by atoms with Crippen LogP contribution in [0.5, 0.6) is 0 Å². The van der Waals surface area contributed by atoms with Gasteiger partial charge in [0.2, 0.25) is 41.4 Å². The van der Waals surface area contributed by atoms with Crippen LogP contribution in [0.1, 0.15) is 95.4 Å². The minimum atomic E-state index is -0.999. The highest BCUT2D eigenvalue weighted by Gasteiger charge is 2.24. The van der Waals surface area contributed by atoms with Crippen LogP contribution in [0.2, 0.25) is 0 Å². The van der Waals surface area contributed by atoms with Crippen molar-refractivity contribution in [2.45, 2.75) is 111 Å². The second-order valence-electron chi connectivity index (χ2n) is 22.8. The summed E-state index contributed by atoms with van der Waals surface area (Å²) in [4.78, 5) is 122. The van der Waals surface area contributed by atoms with Gasteiger partial charge >= 0.3 is 18.2 Å². The second-order valence-corrected chi connectivity index (χ2v) is 22.8. The minimum absolute atomic E-state index is 0.0173. The van der Waals surface area contributed by atoms with E-state index in [1.54, 1.807) is 60.7 Å². The van der Waals surface area contributed by atoms with E-state index in [2.05, 4.69) is 91.5 Å². The van der Waals surface area contributed by atoms with Crippen LogP contribution in [-0.4, -0.2) is 180 Å². The van der Waals surface area contributed by atoms with E-state index >= 15 is 0 Å². The number of nitrogens with zero attached hydrogens (tertiary/aromatic N) is 7. The van der Waals surface area contributed by atoms with E-state index in [1.165, 1.54) is 19.6 Å². The summed E-state index contributed by atoms with van der Waals surface area (Å²) in [6, 6.07) is 29.4. The van der Waals surface area contributed by atoms with Crippen LogP contribution < -0.4 is 49.1 Å². The van der Waals surface area contributed by atoms with E-state index in [-0.39, 0.29) is 102 Å². The van der Waals surface area contributed by atoms with Crippen molar-refractivity contribution >= 4 is 70.9 Å². The number of hydrogen-bond donors (Lipinski definition) is 10. The van der Waals surface area contributed by atoms with Crippen molar-refractivity contribution in [3.8, 4) is 0 Å². The topological polar surface area (TPSA) is 497 Å². The monoisotopic (exact) mass is 1410 g/mol. The van der Waals surface area contributed by atoms with E-state index < -0.39 is 53.9 Å². The quantitative estimate of drug-likeness (QED) is 0.00805. The molecule has 33 nitrogen and oxygen atoms in total. The number of ether oxygens (including phenoxy) is 6. The molecule has 4 aromatic carbocycles. The van der Waals surface area contributed by atoms with E-state index in [0.29, 0.717) is 75.9 Å². The summed E-state index contributed by atoms with van der Waals surface area (Å²) in [6.07, 6.45) is -0.668. The Hall–Kier alpha value is -10.2. The zero-order valence-corrected chi connectivity index (χ0v) is 58.2. The Morgan fingerprint density at radius 2 is 0.921 bits per heavy atom. The van der Waals surface area contributed by atoms with Gasteiger partial charge < -0.3 is 82.2 Å². The third-order valence-electron chi connectivity index (χ3n) is 13.1. The van der Waals surface area contributed by atoms with E-state index in [4.69, 9.17) is 61.8 Å². The van der Waals surface area contributed by atoms with Crippen LogP contribution in [0.4, 0.5) is 21.0 Å². The molecule has 2 atom stereocenters. The molecule has 9 amide bonds. The van der Waals surface area contributed by atoms with Crippen LogP contribution in [0, 0.1) is 11.8 Å². The average Bonchev–Trinajstić information content (AvgIpc) is 1.49. The Balaban J connectivity index is 0.000000725. The first-order valence-electron chi connectivity index (χ1n) is 32.9. The highest BCUT2D eigenvalue weighted by molar-refractivity contribution is 6.01. The largest absolute Gasteiger partial charge is 0.481 e. The Bertz CT molecular complexity index is 3130. The highest BCUT2D eigenvalue weighted by Crippen LogP contribution is 2.15. The lowest BCUT2D eigenvalue weighted by atomic mass is 10.1. The molecule has 0 radical (unpaired) electrons. The number of azide groups is 2. The van der Waals surface area contributed by atoms with E-state index in [9.17, 15) is 47.9 Å². The molecule has 554 valence electrons. The van der Waals surface area contributed by atoms with Gasteiger partial charge in [0.1, 0.15) is 25.3 Å². The molecule has 101 heavy (non-hydrogen) atoms. The molecule has 4 aromatic rings. The number of aliphatic carboxylic acids is 1. The fourth-order valence-corrected chi connectivity index (χ4v) is 8.41. The summed E-state index contributed by atoms with van der Waals surface area (Å²) in [5.41, 5.74) is 36.2. The van der Waals surface area contributed by atoms with Crippen molar-refractivity contribution < 1.29 is 81.5 Å². The molecule has 0 bridgehead atoms. The first kappa shape index (κ1) is 88.8. The van der Waals surface area contributed by atoms with Gasteiger partial charge in [0.15, 0.2) is 0 Å². The zero-order chi connectivity index (χ0) is 74.8. The van der Waals surface area contributed by atoms with Crippen molar-refractivity contribution in [2.75, 3.05) is 98.7 Å². The SMILES string of the molecule is CCN(CC(C)C)CC(C)C.NCCOCCOCCNC(=O)C(CCC(N)=O)NC(=O)OCc1ccccc1.O=C1CCC(=O)N1.[N-]=[N+]=Nc1ccc(CC(=O)NCCOCCOCCNC(=O)C(CCC(N)=O)NC(=O)OCc2ccccc2)cc1.[N-]=[N+]=Nc1ccc(CC(=O)O)cc1. The lowest BCUT2D eigenvalue weighted by molar-refractivity contribution is -0.136. The summed E-state index contributed by atoms with van der Waals surface area (Å²) in [6.45, 7) is 18.9. The van der Waals surface area contributed by atoms with Crippen molar-refractivity contribution in [3.05, 3.63) is 152 Å². The number of imide groups is 1. The smallest absolute Gasteiger partial charge is 0.408 e. The Kier molecular flexibility index (Phi) is 49.8. The number of carboxylic acid groups (broad SMARTS) is 1. The number of alkyl carbamates (subject to hydrolysis) is 2. The van der Waals surface area contributed by atoms with Crippen LogP contribution in [0.3, 0.4) is 0 Å². The van der Waals surface area contributed by atoms with Gasteiger partial charge in [0, 0.05) is 86.2 Å². The number of nitrogens with one attached hydrogen (secondary N) is 6. The average molecular weight is 1410 g/mol. The van der Waals surface area contributed by atoms with Crippen molar-refractivity contribution in [3.63, 3.8) is 0 Å². The van der Waals surface area contributed by atoms with E-state index in [1.807, 2.05) is 48.5 Å². The number of primary amides is 2. The minimum Gasteiger partial charge on any atom is -0.481 e. The summed E-state index contributed by atoms with van der Waals surface area (Å²) in [5.74, 6) is -1.85. The molecule has 1 saturated heterocycles. The zero-order valence-electron chi connectivity index (χ0n) is 58.2. The number of rotatable bonds is 42. The Morgan fingerprint density at radius 1 is 0.545 bits per heavy atom. The van der Waals surface area contributed by atoms with Gasteiger partial charge in [-0.2, -0.15) is 0 Å². The maximum Gasteiger partial charge on any atom is 0.408 e. The number of hydrogen-bond acceptors (Lipinski definition) is 20. The fourth-order valence-electron chi connectivity index (χ4n) is 8.41. The molecule has 1 fully saturated rings. The van der Waals surface area contributed by atoms with Crippen molar-refractivity contribution in [1.82, 2.24) is 36.8 Å². The number of carbonyl (C=O) groups excluding carboxylic acids is 9. The first-order chi connectivity index (χ1) is 48.5. The third-order valence-corrected chi connectivity index (χ3v) is 13.1. The second kappa shape index (κ2) is 56.6. The molecular weight excluding hydrogens is 1310 g/mol. The van der Waals surface area contributed by atoms with Crippen molar-refractivity contribution in [1.29, 1.82) is 0 Å². The fraction of sp³-hybridized carbons (Fsp3) is 0.500. The van der Waals surface area contributed by atoms with Gasteiger partial charge in [0.25, 0.3) is 0 Å². The third kappa shape index (κ3) is 49.9. The van der Waals surface area contributed by atoms with Gasteiger partial charge in [-0.15, -0.1) is 0 Å². The molecule has 0 aromatic heterocycles. The molecular formula is C68H100N16O17. The number of carboxylic acids is 1. The molecule has 1 aliphatic rings. The van der Waals surface area contributed by atoms with Crippen LogP contribution >= 0.6 is 0 Å².